The lowest BCUT2D eigenvalue weighted by atomic mass is 10.2. The van der Waals surface area contributed by atoms with Gasteiger partial charge in [-0.2, -0.15) is 5.10 Å². The van der Waals surface area contributed by atoms with E-state index in [2.05, 4.69) is 5.10 Å². The molecule has 136 valence electrons. The van der Waals surface area contributed by atoms with Crippen molar-refractivity contribution in [1.29, 1.82) is 0 Å². The van der Waals surface area contributed by atoms with Crippen molar-refractivity contribution in [2.45, 2.75) is 26.4 Å². The minimum Gasteiger partial charge on any atom is -0.479 e. The Balaban J connectivity index is 2.42. The summed E-state index contributed by atoms with van der Waals surface area (Å²) in [6.45, 7) is 2.74. The lowest BCUT2D eigenvalue weighted by Gasteiger charge is -2.15. The third kappa shape index (κ3) is 4.13. The standard InChI is InChI=1S/C15H14Cl2F2N2O4/c1-6-12(13(18)19)14(21(3)20-6)25-11-5-10(8(16)4-9(11)17)24-7(2)15(22)23/h4-5,7,13H,1-3H3,(H,22,23). The molecule has 0 saturated heterocycles. The minimum absolute atomic E-state index is 0.00606. The molecule has 2 rings (SSSR count). The highest BCUT2D eigenvalue weighted by atomic mass is 35.5. The van der Waals surface area contributed by atoms with E-state index in [-0.39, 0.29) is 38.7 Å². The molecule has 0 fully saturated rings. The van der Waals surface area contributed by atoms with E-state index in [0.29, 0.717) is 0 Å². The van der Waals surface area contributed by atoms with Crippen molar-refractivity contribution < 1.29 is 28.2 Å². The SMILES string of the molecule is Cc1nn(C)c(Oc2cc(OC(C)C(=O)O)c(Cl)cc2Cl)c1C(F)F. The van der Waals surface area contributed by atoms with E-state index >= 15 is 0 Å². The van der Waals surface area contributed by atoms with Gasteiger partial charge in [0.05, 0.1) is 15.7 Å². The Morgan fingerprint density at radius 3 is 2.44 bits per heavy atom. The van der Waals surface area contributed by atoms with Gasteiger partial charge in [-0.3, -0.25) is 0 Å². The number of benzene rings is 1. The molecule has 1 N–H and O–H groups in total. The van der Waals surface area contributed by atoms with Gasteiger partial charge in [0.25, 0.3) is 6.43 Å². The second-order valence-electron chi connectivity index (χ2n) is 5.14. The number of alkyl halides is 2. The van der Waals surface area contributed by atoms with Gasteiger partial charge in [0.2, 0.25) is 5.88 Å². The molecular weight excluding hydrogens is 381 g/mol. The Morgan fingerprint density at radius 2 is 1.88 bits per heavy atom. The number of aromatic nitrogens is 2. The van der Waals surface area contributed by atoms with Gasteiger partial charge in [0.15, 0.2) is 11.9 Å². The van der Waals surface area contributed by atoms with E-state index in [4.69, 9.17) is 37.8 Å². The second kappa shape index (κ2) is 7.45. The van der Waals surface area contributed by atoms with Gasteiger partial charge in [-0.25, -0.2) is 18.3 Å². The average Bonchev–Trinajstić information content (AvgIpc) is 2.77. The quantitative estimate of drug-likeness (QED) is 0.773. The van der Waals surface area contributed by atoms with Crippen LogP contribution in [0.2, 0.25) is 10.0 Å². The summed E-state index contributed by atoms with van der Waals surface area (Å²) in [6.07, 6.45) is -3.97. The van der Waals surface area contributed by atoms with E-state index in [1.807, 2.05) is 0 Å². The molecule has 1 atom stereocenters. The van der Waals surface area contributed by atoms with E-state index < -0.39 is 18.5 Å². The highest BCUT2D eigenvalue weighted by Gasteiger charge is 2.25. The van der Waals surface area contributed by atoms with Crippen molar-refractivity contribution in [3.05, 3.63) is 33.4 Å². The first-order valence-electron chi connectivity index (χ1n) is 6.99. The highest BCUT2D eigenvalue weighted by molar-refractivity contribution is 6.36. The maximum atomic E-state index is 13.2. The molecule has 2 aromatic rings. The molecule has 0 saturated carbocycles. The van der Waals surface area contributed by atoms with Crippen LogP contribution in [0.25, 0.3) is 0 Å². The monoisotopic (exact) mass is 394 g/mol. The number of nitrogens with zero attached hydrogens (tertiary/aromatic N) is 2. The van der Waals surface area contributed by atoms with Gasteiger partial charge in [0, 0.05) is 13.1 Å². The van der Waals surface area contributed by atoms with E-state index in [1.54, 1.807) is 0 Å². The van der Waals surface area contributed by atoms with Crippen LogP contribution in [0, 0.1) is 6.92 Å². The molecule has 10 heteroatoms. The largest absolute Gasteiger partial charge is 0.479 e. The first kappa shape index (κ1) is 19.3. The predicted molar refractivity (Wildman–Crippen MR) is 87.2 cm³/mol. The molecule has 0 radical (unpaired) electrons. The molecule has 1 heterocycles. The molecular formula is C15H14Cl2F2N2O4. The molecule has 25 heavy (non-hydrogen) atoms. The zero-order valence-corrected chi connectivity index (χ0v) is 14.9. The second-order valence-corrected chi connectivity index (χ2v) is 5.96. The molecule has 1 unspecified atom stereocenters. The summed E-state index contributed by atoms with van der Waals surface area (Å²) in [5.41, 5.74) is -0.247. The fraction of sp³-hybridized carbons (Fsp3) is 0.333. The van der Waals surface area contributed by atoms with Gasteiger partial charge in [-0.15, -0.1) is 0 Å². The maximum Gasteiger partial charge on any atom is 0.344 e. The Kier molecular flexibility index (Phi) is 5.74. The smallest absolute Gasteiger partial charge is 0.344 e. The number of halogens is 4. The Bertz CT molecular complexity index is 811. The summed E-state index contributed by atoms with van der Waals surface area (Å²) in [5.74, 6) is -1.42. The molecule has 0 aliphatic carbocycles. The Labute approximate surface area is 151 Å². The molecule has 0 aliphatic heterocycles. The van der Waals surface area contributed by atoms with Crippen LogP contribution in [0.4, 0.5) is 8.78 Å². The maximum absolute atomic E-state index is 13.2. The lowest BCUT2D eigenvalue weighted by Crippen LogP contribution is -2.23. The van der Waals surface area contributed by atoms with Gasteiger partial charge in [-0.05, 0) is 19.9 Å². The minimum atomic E-state index is -2.79. The number of aryl methyl sites for hydroxylation is 2. The number of hydrogen-bond donors (Lipinski definition) is 1. The van der Waals surface area contributed by atoms with Crippen molar-refractivity contribution in [3.8, 4) is 17.4 Å². The van der Waals surface area contributed by atoms with Crippen molar-refractivity contribution in [2.75, 3.05) is 0 Å². The number of rotatable bonds is 6. The van der Waals surface area contributed by atoms with Gasteiger partial charge in [-0.1, -0.05) is 23.2 Å². The molecule has 0 spiro atoms. The van der Waals surface area contributed by atoms with Crippen LogP contribution in [-0.4, -0.2) is 27.0 Å². The average molecular weight is 395 g/mol. The number of carboxylic acids is 1. The Morgan fingerprint density at radius 1 is 1.28 bits per heavy atom. The third-order valence-corrected chi connectivity index (χ3v) is 3.87. The van der Waals surface area contributed by atoms with Crippen LogP contribution >= 0.6 is 23.2 Å². The highest BCUT2D eigenvalue weighted by Crippen LogP contribution is 2.41. The van der Waals surface area contributed by atoms with Crippen molar-refractivity contribution in [1.82, 2.24) is 9.78 Å². The number of hydrogen-bond acceptors (Lipinski definition) is 4. The zero-order valence-electron chi connectivity index (χ0n) is 13.4. The topological polar surface area (TPSA) is 73.6 Å². The number of aliphatic carboxylic acids is 1. The van der Waals surface area contributed by atoms with Crippen molar-refractivity contribution >= 4 is 29.2 Å². The number of carbonyl (C=O) groups is 1. The van der Waals surface area contributed by atoms with Crippen LogP contribution in [0.1, 0.15) is 24.6 Å². The predicted octanol–water partition coefficient (Wildman–Crippen LogP) is 4.62. The molecule has 0 aliphatic rings. The van der Waals surface area contributed by atoms with Crippen LogP contribution in [-0.2, 0) is 11.8 Å². The van der Waals surface area contributed by atoms with E-state index in [9.17, 15) is 13.6 Å². The van der Waals surface area contributed by atoms with Gasteiger partial charge in [0.1, 0.15) is 11.3 Å². The first-order chi connectivity index (χ1) is 11.6. The Hall–Kier alpha value is -2.06. The van der Waals surface area contributed by atoms with Crippen LogP contribution < -0.4 is 9.47 Å². The molecule has 1 aromatic heterocycles. The van der Waals surface area contributed by atoms with Crippen molar-refractivity contribution in [3.63, 3.8) is 0 Å². The molecule has 6 nitrogen and oxygen atoms in total. The van der Waals surface area contributed by atoms with E-state index in [1.165, 1.54) is 33.0 Å². The number of carboxylic acid groups (broad SMARTS) is 1. The summed E-state index contributed by atoms with van der Waals surface area (Å²) in [6, 6.07) is 2.51. The summed E-state index contributed by atoms with van der Waals surface area (Å²) in [7, 11) is 1.45. The van der Waals surface area contributed by atoms with Crippen molar-refractivity contribution in [2.24, 2.45) is 7.05 Å². The molecule has 0 amide bonds. The van der Waals surface area contributed by atoms with Crippen LogP contribution in [0.3, 0.4) is 0 Å². The lowest BCUT2D eigenvalue weighted by molar-refractivity contribution is -0.144. The first-order valence-corrected chi connectivity index (χ1v) is 7.75. The van der Waals surface area contributed by atoms with Crippen LogP contribution in [0.5, 0.6) is 17.4 Å². The summed E-state index contributed by atoms with van der Waals surface area (Å²) in [4.78, 5) is 10.9. The van der Waals surface area contributed by atoms with Crippen LogP contribution in [0.15, 0.2) is 12.1 Å². The fourth-order valence-corrected chi connectivity index (χ4v) is 2.52. The van der Waals surface area contributed by atoms with Gasteiger partial charge < -0.3 is 14.6 Å². The molecule has 0 bridgehead atoms. The summed E-state index contributed by atoms with van der Waals surface area (Å²) in [5, 5.41) is 12.9. The fourth-order valence-electron chi connectivity index (χ4n) is 2.05. The summed E-state index contributed by atoms with van der Waals surface area (Å²) < 4.78 is 38.3. The van der Waals surface area contributed by atoms with E-state index in [0.717, 1.165) is 4.68 Å². The normalized spacial score (nSPS) is 12.3. The molecule has 1 aromatic carbocycles. The third-order valence-electron chi connectivity index (χ3n) is 3.28. The van der Waals surface area contributed by atoms with Gasteiger partial charge >= 0.3 is 5.97 Å². The summed E-state index contributed by atoms with van der Waals surface area (Å²) >= 11 is 12.0. The number of ether oxygens (including phenoxy) is 2. The zero-order chi connectivity index (χ0) is 18.9.